The largest absolute Gasteiger partial charge is 0.399 e. The molecule has 1 aliphatic rings. The third kappa shape index (κ3) is 3.07. The Labute approximate surface area is 113 Å². The van der Waals surface area contributed by atoms with Gasteiger partial charge in [-0.25, -0.2) is 8.42 Å². The van der Waals surface area contributed by atoms with Gasteiger partial charge in [-0.2, -0.15) is 0 Å². The summed E-state index contributed by atoms with van der Waals surface area (Å²) in [6.07, 6.45) is 1.81. The Morgan fingerprint density at radius 1 is 1.37 bits per heavy atom. The van der Waals surface area contributed by atoms with Crippen LogP contribution in [0.3, 0.4) is 0 Å². The molecule has 19 heavy (non-hydrogen) atoms. The lowest BCUT2D eigenvalue weighted by molar-refractivity contribution is -0.116. The van der Waals surface area contributed by atoms with Gasteiger partial charge in [0.2, 0.25) is 5.91 Å². The molecule has 1 aromatic carbocycles. The summed E-state index contributed by atoms with van der Waals surface area (Å²) in [7, 11) is -3.31. The van der Waals surface area contributed by atoms with Crippen molar-refractivity contribution in [2.75, 3.05) is 16.8 Å². The lowest BCUT2D eigenvalue weighted by Gasteiger charge is -2.22. The quantitative estimate of drug-likeness (QED) is 0.804. The number of rotatable bonds is 2. The van der Waals surface area contributed by atoms with Crippen LogP contribution in [0.4, 0.5) is 11.4 Å². The molecule has 0 aliphatic carbocycles. The van der Waals surface area contributed by atoms with Crippen molar-refractivity contribution in [3.05, 3.63) is 23.8 Å². The Balaban J connectivity index is 2.19. The Bertz CT molecular complexity index is 596. The molecule has 1 saturated heterocycles. The van der Waals surface area contributed by atoms with Crippen LogP contribution in [0.2, 0.25) is 0 Å². The number of amides is 1. The summed E-state index contributed by atoms with van der Waals surface area (Å²) in [5.74, 6) is -0.352. The van der Waals surface area contributed by atoms with Gasteiger partial charge in [-0.15, -0.1) is 0 Å². The standard InChI is InChI=1S/C13H18N2O3S/c1-9-5-6-10(14)8-11(9)15-13(16)12-4-2-3-7-19(12,17)18/h5-6,8,12H,2-4,7,14H2,1H3,(H,15,16). The maximum atomic E-state index is 12.1. The summed E-state index contributed by atoms with van der Waals surface area (Å²) in [6, 6.07) is 5.17. The van der Waals surface area contributed by atoms with E-state index in [0.717, 1.165) is 12.0 Å². The molecule has 0 bridgehead atoms. The molecule has 6 heteroatoms. The van der Waals surface area contributed by atoms with E-state index < -0.39 is 21.0 Å². The lowest BCUT2D eigenvalue weighted by Crippen LogP contribution is -2.39. The highest BCUT2D eigenvalue weighted by Crippen LogP contribution is 2.23. The predicted octanol–water partition coefficient (Wildman–Crippen LogP) is 1.48. The number of nitrogens with one attached hydrogen (secondary N) is 1. The molecular formula is C13H18N2O3S. The molecule has 1 atom stereocenters. The summed E-state index contributed by atoms with van der Waals surface area (Å²) in [4.78, 5) is 12.1. The molecule has 104 valence electrons. The van der Waals surface area contributed by atoms with Crippen molar-refractivity contribution in [2.24, 2.45) is 0 Å². The molecule has 0 radical (unpaired) electrons. The van der Waals surface area contributed by atoms with E-state index in [1.54, 1.807) is 18.2 Å². The van der Waals surface area contributed by atoms with E-state index in [1.807, 2.05) is 6.92 Å². The zero-order chi connectivity index (χ0) is 14.0. The van der Waals surface area contributed by atoms with Gasteiger partial charge in [-0.1, -0.05) is 12.5 Å². The van der Waals surface area contributed by atoms with E-state index in [2.05, 4.69) is 5.32 Å². The zero-order valence-corrected chi connectivity index (χ0v) is 11.7. The maximum absolute atomic E-state index is 12.1. The van der Waals surface area contributed by atoms with Crippen LogP contribution in [0.5, 0.6) is 0 Å². The minimum atomic E-state index is -3.31. The average molecular weight is 282 g/mol. The van der Waals surface area contributed by atoms with Gasteiger partial charge in [0, 0.05) is 11.4 Å². The molecule has 1 aliphatic heterocycles. The Morgan fingerprint density at radius 3 is 2.79 bits per heavy atom. The van der Waals surface area contributed by atoms with Crippen LogP contribution >= 0.6 is 0 Å². The van der Waals surface area contributed by atoms with E-state index >= 15 is 0 Å². The van der Waals surface area contributed by atoms with Gasteiger partial charge in [0.25, 0.3) is 0 Å². The van der Waals surface area contributed by atoms with Crippen LogP contribution in [0.25, 0.3) is 0 Å². The summed E-state index contributed by atoms with van der Waals surface area (Å²) < 4.78 is 23.8. The van der Waals surface area contributed by atoms with E-state index in [1.165, 1.54) is 0 Å². The highest BCUT2D eigenvalue weighted by Gasteiger charge is 2.34. The first-order valence-corrected chi connectivity index (χ1v) is 8.00. The van der Waals surface area contributed by atoms with Crippen molar-refractivity contribution in [1.29, 1.82) is 0 Å². The van der Waals surface area contributed by atoms with Gasteiger partial charge in [-0.05, 0) is 37.5 Å². The molecule has 1 unspecified atom stereocenters. The second-order valence-corrected chi connectivity index (χ2v) is 7.22. The predicted molar refractivity (Wildman–Crippen MR) is 75.6 cm³/mol. The second-order valence-electron chi connectivity index (χ2n) is 4.92. The van der Waals surface area contributed by atoms with Crippen molar-refractivity contribution in [1.82, 2.24) is 0 Å². The first-order chi connectivity index (χ1) is 8.90. The number of hydrogen-bond donors (Lipinski definition) is 2. The normalized spacial score (nSPS) is 21.8. The van der Waals surface area contributed by atoms with Crippen molar-refractivity contribution in [2.45, 2.75) is 31.4 Å². The molecule has 1 aromatic rings. The molecule has 0 spiro atoms. The number of anilines is 2. The molecule has 1 heterocycles. The number of hydrogen-bond acceptors (Lipinski definition) is 4. The van der Waals surface area contributed by atoms with E-state index in [-0.39, 0.29) is 5.75 Å². The first kappa shape index (κ1) is 13.9. The summed E-state index contributed by atoms with van der Waals surface area (Å²) in [6.45, 7) is 1.84. The topological polar surface area (TPSA) is 89.3 Å². The molecule has 2 rings (SSSR count). The van der Waals surface area contributed by atoms with Crippen molar-refractivity contribution >= 4 is 27.1 Å². The van der Waals surface area contributed by atoms with Crippen LogP contribution < -0.4 is 11.1 Å². The van der Waals surface area contributed by atoms with Gasteiger partial charge in [-0.3, -0.25) is 4.79 Å². The van der Waals surface area contributed by atoms with Gasteiger partial charge in [0.1, 0.15) is 5.25 Å². The van der Waals surface area contributed by atoms with E-state index in [0.29, 0.717) is 24.2 Å². The number of benzene rings is 1. The average Bonchev–Trinajstić information content (AvgIpc) is 2.33. The number of aryl methyl sites for hydroxylation is 1. The van der Waals surface area contributed by atoms with Crippen molar-refractivity contribution < 1.29 is 13.2 Å². The van der Waals surface area contributed by atoms with Crippen LogP contribution in [-0.2, 0) is 14.6 Å². The molecule has 1 amide bonds. The van der Waals surface area contributed by atoms with Gasteiger partial charge in [0.15, 0.2) is 9.84 Å². The first-order valence-electron chi connectivity index (χ1n) is 6.29. The molecule has 1 fully saturated rings. The molecule has 0 aromatic heterocycles. The maximum Gasteiger partial charge on any atom is 0.242 e. The molecule has 3 N–H and O–H groups in total. The highest BCUT2D eigenvalue weighted by molar-refractivity contribution is 7.92. The Morgan fingerprint density at radius 2 is 2.11 bits per heavy atom. The summed E-state index contributed by atoms with van der Waals surface area (Å²) in [5.41, 5.74) is 7.63. The SMILES string of the molecule is Cc1ccc(N)cc1NC(=O)C1CCCCS1(=O)=O. The Kier molecular flexibility index (Phi) is 3.80. The van der Waals surface area contributed by atoms with E-state index in [9.17, 15) is 13.2 Å². The minimum absolute atomic E-state index is 0.0982. The van der Waals surface area contributed by atoms with Gasteiger partial charge >= 0.3 is 0 Å². The van der Waals surface area contributed by atoms with E-state index in [4.69, 9.17) is 5.73 Å². The number of nitrogen functional groups attached to an aromatic ring is 1. The van der Waals surface area contributed by atoms with Crippen LogP contribution in [0.1, 0.15) is 24.8 Å². The number of carbonyl (C=O) groups excluding carboxylic acids is 1. The van der Waals surface area contributed by atoms with Gasteiger partial charge < -0.3 is 11.1 Å². The Hall–Kier alpha value is -1.56. The van der Waals surface area contributed by atoms with Crippen molar-refractivity contribution in [3.63, 3.8) is 0 Å². The van der Waals surface area contributed by atoms with Crippen LogP contribution in [0, 0.1) is 6.92 Å². The van der Waals surface area contributed by atoms with Crippen LogP contribution in [0.15, 0.2) is 18.2 Å². The van der Waals surface area contributed by atoms with Crippen LogP contribution in [-0.4, -0.2) is 25.3 Å². The summed E-state index contributed by atoms with van der Waals surface area (Å²) >= 11 is 0. The fraction of sp³-hybridized carbons (Fsp3) is 0.462. The third-order valence-corrected chi connectivity index (χ3v) is 5.57. The molecule has 5 nitrogen and oxygen atoms in total. The fourth-order valence-corrected chi connectivity index (χ4v) is 4.04. The number of sulfone groups is 1. The lowest BCUT2D eigenvalue weighted by atomic mass is 10.1. The van der Waals surface area contributed by atoms with Crippen molar-refractivity contribution in [3.8, 4) is 0 Å². The monoisotopic (exact) mass is 282 g/mol. The second kappa shape index (κ2) is 5.21. The number of nitrogens with two attached hydrogens (primary N) is 1. The zero-order valence-electron chi connectivity index (χ0n) is 10.8. The molecular weight excluding hydrogens is 264 g/mol. The minimum Gasteiger partial charge on any atom is -0.399 e. The number of carbonyl (C=O) groups is 1. The summed E-state index contributed by atoms with van der Waals surface area (Å²) in [5, 5.41) is 1.75. The smallest absolute Gasteiger partial charge is 0.242 e. The third-order valence-electron chi connectivity index (χ3n) is 3.39. The fourth-order valence-electron chi connectivity index (χ4n) is 2.24. The van der Waals surface area contributed by atoms with Gasteiger partial charge in [0.05, 0.1) is 5.75 Å². The highest BCUT2D eigenvalue weighted by atomic mass is 32.2. The molecule has 0 saturated carbocycles.